The average Bonchev–Trinajstić information content (AvgIpc) is 2.05. The van der Waals surface area contributed by atoms with Crippen LogP contribution < -0.4 is 0 Å². The molecular formula is C8H11ClO. The van der Waals surface area contributed by atoms with Crippen LogP contribution in [0.25, 0.3) is 0 Å². The Kier molecular flexibility index (Phi) is 2.82. The third-order valence-corrected chi connectivity index (χ3v) is 1.97. The van der Waals surface area contributed by atoms with E-state index < -0.39 is 0 Å². The zero-order valence-corrected chi connectivity index (χ0v) is 6.82. The van der Waals surface area contributed by atoms with E-state index in [0.717, 1.165) is 18.6 Å². The van der Waals surface area contributed by atoms with Gasteiger partial charge in [-0.25, -0.2) is 0 Å². The first-order chi connectivity index (χ1) is 4.86. The van der Waals surface area contributed by atoms with Crippen molar-refractivity contribution < 1.29 is 4.74 Å². The molecule has 1 nitrogen and oxygen atoms in total. The van der Waals surface area contributed by atoms with E-state index >= 15 is 0 Å². The van der Waals surface area contributed by atoms with Crippen molar-refractivity contribution in [2.75, 3.05) is 13.0 Å². The van der Waals surface area contributed by atoms with E-state index in [0.29, 0.717) is 5.88 Å². The van der Waals surface area contributed by atoms with E-state index in [1.165, 1.54) is 5.57 Å². The number of hydrogen-bond acceptors (Lipinski definition) is 1. The summed E-state index contributed by atoms with van der Waals surface area (Å²) in [7, 11) is 1.70. The largest absolute Gasteiger partial charge is 0.501 e. The molecule has 0 aromatic heterocycles. The maximum absolute atomic E-state index is 5.63. The van der Waals surface area contributed by atoms with Crippen LogP contribution in [0.3, 0.4) is 0 Å². The Hall–Kier alpha value is -0.430. The highest BCUT2D eigenvalue weighted by Gasteiger charge is 2.03. The van der Waals surface area contributed by atoms with Gasteiger partial charge in [0.2, 0.25) is 0 Å². The second kappa shape index (κ2) is 3.67. The van der Waals surface area contributed by atoms with Gasteiger partial charge in [0.05, 0.1) is 12.9 Å². The Labute approximate surface area is 66.3 Å². The predicted octanol–water partition coefficient (Wildman–Crippen LogP) is 2.48. The molecule has 0 saturated heterocycles. The molecule has 0 unspecified atom stereocenters. The predicted molar refractivity (Wildman–Crippen MR) is 43.1 cm³/mol. The summed E-state index contributed by atoms with van der Waals surface area (Å²) < 4.78 is 5.06. The van der Waals surface area contributed by atoms with Gasteiger partial charge in [-0.15, -0.1) is 11.6 Å². The van der Waals surface area contributed by atoms with Crippen molar-refractivity contribution in [1.82, 2.24) is 0 Å². The van der Waals surface area contributed by atoms with Crippen LogP contribution in [-0.2, 0) is 4.74 Å². The fourth-order valence-electron chi connectivity index (χ4n) is 0.943. The van der Waals surface area contributed by atoms with E-state index in [4.69, 9.17) is 16.3 Å². The fourth-order valence-corrected chi connectivity index (χ4v) is 1.17. The van der Waals surface area contributed by atoms with E-state index in [9.17, 15) is 0 Å². The second-order valence-electron chi connectivity index (χ2n) is 2.30. The number of alkyl halides is 1. The van der Waals surface area contributed by atoms with Gasteiger partial charge in [-0.3, -0.25) is 0 Å². The molecule has 1 aliphatic rings. The van der Waals surface area contributed by atoms with Crippen LogP contribution in [0.4, 0.5) is 0 Å². The molecule has 1 aliphatic carbocycles. The summed E-state index contributed by atoms with van der Waals surface area (Å²) in [5.41, 5.74) is 1.29. The number of ether oxygens (including phenoxy) is 1. The molecule has 0 heterocycles. The van der Waals surface area contributed by atoms with Crippen molar-refractivity contribution in [3.8, 4) is 0 Å². The first kappa shape index (κ1) is 7.67. The Morgan fingerprint density at radius 3 is 2.70 bits per heavy atom. The summed E-state index contributed by atoms with van der Waals surface area (Å²) >= 11 is 5.63. The lowest BCUT2D eigenvalue weighted by Crippen LogP contribution is -1.95. The highest BCUT2D eigenvalue weighted by molar-refractivity contribution is 6.19. The molecule has 0 spiro atoms. The Bertz CT molecular complexity index is 150. The monoisotopic (exact) mass is 158 g/mol. The van der Waals surface area contributed by atoms with Crippen molar-refractivity contribution >= 4 is 11.6 Å². The molecule has 10 heavy (non-hydrogen) atoms. The Balaban J connectivity index is 2.55. The number of halogens is 1. The molecule has 56 valence electrons. The minimum atomic E-state index is 0.646. The molecule has 1 rings (SSSR count). The van der Waals surface area contributed by atoms with Crippen LogP contribution in [0.2, 0.25) is 0 Å². The number of rotatable bonds is 2. The highest BCUT2D eigenvalue weighted by Crippen LogP contribution is 2.18. The van der Waals surface area contributed by atoms with Crippen LogP contribution in [0.5, 0.6) is 0 Å². The van der Waals surface area contributed by atoms with Gasteiger partial charge in [-0.1, -0.05) is 11.6 Å². The molecule has 0 bridgehead atoms. The van der Waals surface area contributed by atoms with Crippen LogP contribution in [0.1, 0.15) is 12.8 Å². The maximum atomic E-state index is 5.63. The SMILES string of the molecule is COC1=CC=C(CCl)CC1. The van der Waals surface area contributed by atoms with Crippen LogP contribution in [-0.4, -0.2) is 13.0 Å². The molecule has 0 radical (unpaired) electrons. The van der Waals surface area contributed by atoms with Gasteiger partial charge in [0.15, 0.2) is 0 Å². The van der Waals surface area contributed by atoms with Crippen LogP contribution >= 0.6 is 11.6 Å². The Morgan fingerprint density at radius 2 is 2.30 bits per heavy atom. The molecular weight excluding hydrogens is 148 g/mol. The number of allylic oxidation sites excluding steroid dienone is 4. The number of methoxy groups -OCH3 is 1. The van der Waals surface area contributed by atoms with Crippen molar-refractivity contribution in [3.63, 3.8) is 0 Å². The summed E-state index contributed by atoms with van der Waals surface area (Å²) in [6.45, 7) is 0. The van der Waals surface area contributed by atoms with Gasteiger partial charge in [0.1, 0.15) is 0 Å². The second-order valence-corrected chi connectivity index (χ2v) is 2.56. The summed E-state index contributed by atoms with van der Waals surface area (Å²) in [5.74, 6) is 1.70. The minimum Gasteiger partial charge on any atom is -0.501 e. The van der Waals surface area contributed by atoms with E-state index in [2.05, 4.69) is 0 Å². The third kappa shape index (κ3) is 1.77. The van der Waals surface area contributed by atoms with Gasteiger partial charge in [0.25, 0.3) is 0 Å². The lowest BCUT2D eigenvalue weighted by Gasteiger charge is -2.10. The molecule has 0 aromatic carbocycles. The fraction of sp³-hybridized carbons (Fsp3) is 0.500. The first-order valence-electron chi connectivity index (χ1n) is 3.35. The molecule has 0 atom stereocenters. The smallest absolute Gasteiger partial charge is 0.0958 e. The summed E-state index contributed by atoms with van der Waals surface area (Å²) in [5, 5.41) is 0. The number of hydrogen-bond donors (Lipinski definition) is 0. The van der Waals surface area contributed by atoms with E-state index in [1.807, 2.05) is 12.2 Å². The van der Waals surface area contributed by atoms with Gasteiger partial charge in [-0.05, 0) is 12.5 Å². The summed E-state index contributed by atoms with van der Waals surface area (Å²) in [6.07, 6.45) is 6.06. The summed E-state index contributed by atoms with van der Waals surface area (Å²) in [4.78, 5) is 0. The van der Waals surface area contributed by atoms with Crippen molar-refractivity contribution in [2.45, 2.75) is 12.8 Å². The quantitative estimate of drug-likeness (QED) is 0.561. The molecule has 0 amide bonds. The zero-order valence-electron chi connectivity index (χ0n) is 6.06. The Morgan fingerprint density at radius 1 is 1.50 bits per heavy atom. The first-order valence-corrected chi connectivity index (χ1v) is 3.89. The maximum Gasteiger partial charge on any atom is 0.0958 e. The zero-order chi connectivity index (χ0) is 7.40. The molecule has 2 heteroatoms. The molecule has 0 N–H and O–H groups in total. The van der Waals surface area contributed by atoms with Crippen molar-refractivity contribution in [2.24, 2.45) is 0 Å². The van der Waals surface area contributed by atoms with Crippen LogP contribution in [0.15, 0.2) is 23.5 Å². The standard InChI is InChI=1S/C8H11ClO/c1-10-8-4-2-7(6-9)3-5-8/h2,4H,3,5-6H2,1H3. The minimum absolute atomic E-state index is 0.646. The van der Waals surface area contributed by atoms with Gasteiger partial charge in [0, 0.05) is 12.3 Å². The normalized spacial score (nSPS) is 17.8. The van der Waals surface area contributed by atoms with Gasteiger partial charge >= 0.3 is 0 Å². The van der Waals surface area contributed by atoms with E-state index in [-0.39, 0.29) is 0 Å². The summed E-state index contributed by atoms with van der Waals surface area (Å²) in [6, 6.07) is 0. The highest BCUT2D eigenvalue weighted by atomic mass is 35.5. The van der Waals surface area contributed by atoms with Crippen LogP contribution in [0, 0.1) is 0 Å². The molecule has 0 aromatic rings. The lowest BCUT2D eigenvalue weighted by atomic mass is 10.1. The van der Waals surface area contributed by atoms with E-state index in [1.54, 1.807) is 7.11 Å². The van der Waals surface area contributed by atoms with Gasteiger partial charge in [-0.2, -0.15) is 0 Å². The average molecular weight is 159 g/mol. The lowest BCUT2D eigenvalue weighted by molar-refractivity contribution is 0.276. The molecule has 0 fully saturated rings. The van der Waals surface area contributed by atoms with Crippen molar-refractivity contribution in [3.05, 3.63) is 23.5 Å². The molecule has 0 aliphatic heterocycles. The topological polar surface area (TPSA) is 9.23 Å². The molecule has 0 saturated carbocycles. The van der Waals surface area contributed by atoms with Gasteiger partial charge < -0.3 is 4.74 Å². The van der Waals surface area contributed by atoms with Crippen molar-refractivity contribution in [1.29, 1.82) is 0 Å². The third-order valence-electron chi connectivity index (χ3n) is 1.63.